The molecule has 1 aliphatic heterocycles. The third-order valence-electron chi connectivity index (χ3n) is 3.61. The van der Waals surface area contributed by atoms with Crippen molar-refractivity contribution in [1.82, 2.24) is 5.32 Å². The number of hydrogen-bond acceptors (Lipinski definition) is 3. The number of hydrogen-bond donors (Lipinski definition) is 2. The van der Waals surface area contributed by atoms with Gasteiger partial charge < -0.3 is 15.2 Å². The Hall–Kier alpha value is -2.82. The summed E-state index contributed by atoms with van der Waals surface area (Å²) in [4.78, 5) is 23.0. The number of carbonyl (C=O) groups excluding carboxylic acids is 1. The molecule has 2 N–H and O–H groups in total. The lowest BCUT2D eigenvalue weighted by Gasteiger charge is -2.26. The molecule has 2 aromatic rings. The van der Waals surface area contributed by atoms with Crippen LogP contribution in [0, 0.1) is 0 Å². The second-order valence-corrected chi connectivity index (χ2v) is 5.18. The maximum absolute atomic E-state index is 12.2. The molecule has 1 heterocycles. The number of carboxylic acid groups (broad SMARTS) is 1. The van der Waals surface area contributed by atoms with E-state index in [1.54, 1.807) is 0 Å². The van der Waals surface area contributed by atoms with Crippen LogP contribution in [0.5, 0.6) is 5.75 Å². The first-order valence-corrected chi connectivity index (χ1v) is 6.98. The Balaban J connectivity index is 1.66. The lowest BCUT2D eigenvalue weighted by atomic mass is 10.0. The summed E-state index contributed by atoms with van der Waals surface area (Å²) in [5.41, 5.74) is 1.66. The maximum atomic E-state index is 12.2. The zero-order valence-electron chi connectivity index (χ0n) is 11.8. The van der Waals surface area contributed by atoms with Crippen LogP contribution in [0.2, 0.25) is 0 Å². The first kappa shape index (κ1) is 14.1. The summed E-state index contributed by atoms with van der Waals surface area (Å²) in [5, 5.41) is 11.8. The van der Waals surface area contributed by atoms with Crippen LogP contribution in [-0.4, -0.2) is 29.6 Å². The molecule has 1 atom stereocenters. The van der Waals surface area contributed by atoms with Crippen molar-refractivity contribution in [2.24, 2.45) is 0 Å². The van der Waals surface area contributed by atoms with Gasteiger partial charge in [-0.25, -0.2) is 4.79 Å². The molecule has 5 heteroatoms. The van der Waals surface area contributed by atoms with Gasteiger partial charge in [0, 0.05) is 5.56 Å². The molecule has 0 aliphatic carbocycles. The quantitative estimate of drug-likeness (QED) is 0.910. The summed E-state index contributed by atoms with van der Waals surface area (Å²) in [6.45, 7) is 0.427. The molecule has 3 rings (SSSR count). The Labute approximate surface area is 127 Å². The monoisotopic (exact) mass is 297 g/mol. The second-order valence-electron chi connectivity index (χ2n) is 5.18. The lowest BCUT2D eigenvalue weighted by Crippen LogP contribution is -2.42. The number of nitrogens with one attached hydrogen (secondary N) is 1. The Morgan fingerprint density at radius 3 is 2.45 bits per heavy atom. The predicted molar refractivity (Wildman–Crippen MR) is 80.3 cm³/mol. The van der Waals surface area contributed by atoms with E-state index in [9.17, 15) is 9.59 Å². The van der Waals surface area contributed by atoms with E-state index in [1.165, 1.54) is 24.3 Å². The smallest absolute Gasteiger partial charge is 0.335 e. The fourth-order valence-electron chi connectivity index (χ4n) is 2.45. The van der Waals surface area contributed by atoms with Crippen molar-refractivity contribution < 1.29 is 19.4 Å². The number of para-hydroxylation sites is 1. The van der Waals surface area contributed by atoms with E-state index in [0.29, 0.717) is 12.2 Å². The van der Waals surface area contributed by atoms with Crippen LogP contribution in [0.15, 0.2) is 48.5 Å². The number of fused-ring (bicyclic) bond motifs is 1. The van der Waals surface area contributed by atoms with Gasteiger partial charge >= 0.3 is 5.97 Å². The van der Waals surface area contributed by atoms with Gasteiger partial charge in [-0.05, 0) is 42.3 Å². The van der Waals surface area contributed by atoms with Crippen molar-refractivity contribution in [2.45, 2.75) is 12.5 Å². The highest BCUT2D eigenvalue weighted by Crippen LogP contribution is 2.24. The Bertz CT molecular complexity index is 709. The molecule has 0 unspecified atom stereocenters. The van der Waals surface area contributed by atoms with E-state index >= 15 is 0 Å². The summed E-state index contributed by atoms with van der Waals surface area (Å²) in [7, 11) is 0. The topological polar surface area (TPSA) is 75.6 Å². The number of carbonyl (C=O) groups is 2. The van der Waals surface area contributed by atoms with Gasteiger partial charge in [-0.1, -0.05) is 18.2 Å². The summed E-state index contributed by atoms with van der Waals surface area (Å²) in [5.74, 6) is -0.382. The van der Waals surface area contributed by atoms with Crippen molar-refractivity contribution in [3.63, 3.8) is 0 Å². The highest BCUT2D eigenvalue weighted by molar-refractivity contribution is 5.96. The normalized spacial score (nSPS) is 16.3. The van der Waals surface area contributed by atoms with Crippen LogP contribution in [0.3, 0.4) is 0 Å². The fraction of sp³-hybridized carbons (Fsp3) is 0.176. The van der Waals surface area contributed by atoms with E-state index in [2.05, 4.69) is 5.32 Å². The molecule has 2 aromatic carbocycles. The highest BCUT2D eigenvalue weighted by Gasteiger charge is 2.21. The molecule has 112 valence electrons. The molecule has 0 radical (unpaired) electrons. The molecular formula is C17H15NO4. The largest absolute Gasteiger partial charge is 0.491 e. The summed E-state index contributed by atoms with van der Waals surface area (Å²) < 4.78 is 5.63. The second kappa shape index (κ2) is 5.89. The number of carboxylic acids is 1. The minimum atomic E-state index is -1.01. The first-order valence-electron chi connectivity index (χ1n) is 6.98. The van der Waals surface area contributed by atoms with Gasteiger partial charge in [0.2, 0.25) is 0 Å². The van der Waals surface area contributed by atoms with E-state index in [4.69, 9.17) is 9.84 Å². The fourth-order valence-corrected chi connectivity index (χ4v) is 2.45. The van der Waals surface area contributed by atoms with Crippen LogP contribution in [0.4, 0.5) is 0 Å². The average molecular weight is 297 g/mol. The Morgan fingerprint density at radius 2 is 1.73 bits per heavy atom. The Morgan fingerprint density at radius 1 is 1.05 bits per heavy atom. The zero-order chi connectivity index (χ0) is 15.5. The van der Waals surface area contributed by atoms with Gasteiger partial charge in [0.05, 0.1) is 11.6 Å². The molecule has 0 spiro atoms. The SMILES string of the molecule is O=C(O)c1ccc(C(=O)N[C@H]2COc3ccccc3C2)cc1. The van der Waals surface area contributed by atoms with E-state index in [-0.39, 0.29) is 17.5 Å². The summed E-state index contributed by atoms with van der Waals surface area (Å²) in [6.07, 6.45) is 0.717. The van der Waals surface area contributed by atoms with Crippen LogP contribution in [0.25, 0.3) is 0 Å². The molecular weight excluding hydrogens is 282 g/mol. The van der Waals surface area contributed by atoms with Crippen molar-refractivity contribution in [2.75, 3.05) is 6.61 Å². The molecule has 0 fully saturated rings. The van der Waals surface area contributed by atoms with Crippen LogP contribution in [-0.2, 0) is 6.42 Å². The van der Waals surface area contributed by atoms with Crippen LogP contribution < -0.4 is 10.1 Å². The van der Waals surface area contributed by atoms with Crippen LogP contribution in [0.1, 0.15) is 26.3 Å². The molecule has 0 bridgehead atoms. The molecule has 1 aliphatic rings. The van der Waals surface area contributed by atoms with Crippen molar-refractivity contribution >= 4 is 11.9 Å². The van der Waals surface area contributed by atoms with Crippen LogP contribution >= 0.6 is 0 Å². The highest BCUT2D eigenvalue weighted by atomic mass is 16.5. The predicted octanol–water partition coefficient (Wildman–Crippen LogP) is 2.12. The maximum Gasteiger partial charge on any atom is 0.335 e. The number of benzene rings is 2. The number of rotatable bonds is 3. The van der Waals surface area contributed by atoms with Gasteiger partial charge in [-0.2, -0.15) is 0 Å². The molecule has 0 saturated carbocycles. The average Bonchev–Trinajstić information content (AvgIpc) is 2.55. The zero-order valence-corrected chi connectivity index (χ0v) is 11.8. The molecule has 22 heavy (non-hydrogen) atoms. The molecule has 0 saturated heterocycles. The minimum Gasteiger partial charge on any atom is -0.491 e. The summed E-state index contributed by atoms with van der Waals surface area (Å²) in [6, 6.07) is 13.5. The van der Waals surface area contributed by atoms with Gasteiger partial charge in [-0.15, -0.1) is 0 Å². The van der Waals surface area contributed by atoms with Gasteiger partial charge in [0.15, 0.2) is 0 Å². The van der Waals surface area contributed by atoms with Gasteiger partial charge in [0.25, 0.3) is 5.91 Å². The third-order valence-corrected chi connectivity index (χ3v) is 3.61. The molecule has 0 aromatic heterocycles. The first-order chi connectivity index (χ1) is 10.6. The minimum absolute atomic E-state index is 0.0958. The van der Waals surface area contributed by atoms with E-state index in [0.717, 1.165) is 17.7 Å². The number of aromatic carboxylic acids is 1. The van der Waals surface area contributed by atoms with Gasteiger partial charge in [-0.3, -0.25) is 4.79 Å². The molecule has 5 nitrogen and oxygen atoms in total. The van der Waals surface area contributed by atoms with E-state index < -0.39 is 5.97 Å². The summed E-state index contributed by atoms with van der Waals surface area (Å²) >= 11 is 0. The molecule has 1 amide bonds. The van der Waals surface area contributed by atoms with Crippen molar-refractivity contribution in [1.29, 1.82) is 0 Å². The lowest BCUT2D eigenvalue weighted by molar-refractivity contribution is 0.0696. The van der Waals surface area contributed by atoms with Crippen molar-refractivity contribution in [3.8, 4) is 5.75 Å². The standard InChI is InChI=1S/C17H15NO4/c19-16(11-5-7-12(8-6-11)17(20)21)18-14-9-13-3-1-2-4-15(13)22-10-14/h1-8,14H,9-10H2,(H,18,19)(H,20,21)/t14-/m1/s1. The third kappa shape index (κ3) is 2.93. The number of amides is 1. The van der Waals surface area contributed by atoms with Crippen molar-refractivity contribution in [3.05, 3.63) is 65.2 Å². The van der Waals surface area contributed by atoms with Gasteiger partial charge in [0.1, 0.15) is 12.4 Å². The Kier molecular flexibility index (Phi) is 3.78. The number of ether oxygens (including phenoxy) is 1. The van der Waals surface area contributed by atoms with E-state index in [1.807, 2.05) is 24.3 Å².